The first-order chi connectivity index (χ1) is 11.0. The van der Waals surface area contributed by atoms with Gasteiger partial charge in [-0.15, -0.1) is 0 Å². The summed E-state index contributed by atoms with van der Waals surface area (Å²) < 4.78 is 15.1. The normalized spacial score (nSPS) is 13.0. The van der Waals surface area contributed by atoms with Crippen molar-refractivity contribution >= 4 is 22.5 Å². The van der Waals surface area contributed by atoms with Crippen LogP contribution in [0, 0.1) is 11.7 Å². The lowest BCUT2D eigenvalue weighted by Crippen LogP contribution is -2.08. The minimum absolute atomic E-state index is 0.194. The third-order valence-corrected chi connectivity index (χ3v) is 4.07. The maximum absolute atomic E-state index is 13.2. The van der Waals surface area contributed by atoms with Crippen LogP contribution in [-0.4, -0.2) is 14.9 Å². The molecule has 0 aliphatic heterocycles. The second kappa shape index (κ2) is 6.30. The van der Waals surface area contributed by atoms with Crippen molar-refractivity contribution in [3.05, 3.63) is 64.6 Å². The lowest BCUT2D eigenvalue weighted by molar-refractivity contribution is 0.215. The molecule has 120 valence electrons. The summed E-state index contributed by atoms with van der Waals surface area (Å²) in [7, 11) is 0. The number of aromatic nitrogens is 2. The molecule has 0 aliphatic carbocycles. The number of hydrogen-bond donors (Lipinski definition) is 1. The maximum atomic E-state index is 13.2. The minimum Gasteiger partial charge on any atom is -0.382 e. The molecule has 0 saturated carbocycles. The van der Waals surface area contributed by atoms with Gasteiger partial charge in [-0.1, -0.05) is 49.7 Å². The predicted molar refractivity (Wildman–Crippen MR) is 90.0 cm³/mol. The second-order valence-corrected chi connectivity index (χ2v) is 6.45. The van der Waals surface area contributed by atoms with Gasteiger partial charge in [0.1, 0.15) is 17.6 Å². The van der Waals surface area contributed by atoms with Crippen molar-refractivity contribution in [3.8, 4) is 0 Å². The fourth-order valence-electron chi connectivity index (χ4n) is 2.71. The number of aliphatic hydroxyl groups is 1. The van der Waals surface area contributed by atoms with Crippen LogP contribution >= 0.6 is 11.6 Å². The van der Waals surface area contributed by atoms with Crippen molar-refractivity contribution < 1.29 is 9.50 Å². The van der Waals surface area contributed by atoms with Crippen molar-refractivity contribution in [2.24, 2.45) is 5.92 Å². The molecule has 3 nitrogen and oxygen atoms in total. The summed E-state index contributed by atoms with van der Waals surface area (Å²) in [5.41, 5.74) is 1.95. The third kappa shape index (κ3) is 3.09. The number of fused-ring (bicyclic) bond motifs is 1. The van der Waals surface area contributed by atoms with Gasteiger partial charge in [-0.3, -0.25) is 4.68 Å². The zero-order valence-corrected chi connectivity index (χ0v) is 13.8. The number of benzene rings is 2. The summed E-state index contributed by atoms with van der Waals surface area (Å²) in [6.45, 7) is 4.98. The summed E-state index contributed by atoms with van der Waals surface area (Å²) in [6, 6.07) is 11.8. The smallest absolute Gasteiger partial charge is 0.125 e. The van der Waals surface area contributed by atoms with Crippen molar-refractivity contribution in [1.82, 2.24) is 9.78 Å². The number of aliphatic hydroxyl groups excluding tert-OH is 1. The van der Waals surface area contributed by atoms with Gasteiger partial charge >= 0.3 is 0 Å². The van der Waals surface area contributed by atoms with Crippen LogP contribution in [0.1, 0.15) is 31.2 Å². The fraction of sp³-hybridized carbons (Fsp3) is 0.278. The van der Waals surface area contributed by atoms with Crippen molar-refractivity contribution in [1.29, 1.82) is 0 Å². The van der Waals surface area contributed by atoms with Crippen molar-refractivity contribution in [2.45, 2.75) is 26.5 Å². The number of para-hydroxylation sites is 1. The summed E-state index contributed by atoms with van der Waals surface area (Å²) in [4.78, 5) is 0. The first-order valence-electron chi connectivity index (χ1n) is 7.56. The monoisotopic (exact) mass is 332 g/mol. The van der Waals surface area contributed by atoms with Crippen molar-refractivity contribution in [3.63, 3.8) is 0 Å². The van der Waals surface area contributed by atoms with Crippen molar-refractivity contribution in [2.75, 3.05) is 0 Å². The standard InChI is InChI=1S/C18H18ClFN2O/c1-11(2)10-22-16-6-4-3-5-14(16)17(21-22)18(23)13-8-7-12(20)9-15(13)19/h3-9,11,18,23H,10H2,1-2H3. The van der Waals surface area contributed by atoms with E-state index in [1.165, 1.54) is 18.2 Å². The molecule has 0 aliphatic rings. The van der Waals surface area contributed by atoms with E-state index in [1.807, 2.05) is 28.9 Å². The van der Waals surface area contributed by atoms with Gasteiger partial charge in [-0.2, -0.15) is 5.10 Å². The third-order valence-electron chi connectivity index (χ3n) is 3.74. The van der Waals surface area contributed by atoms with Gasteiger partial charge in [-0.25, -0.2) is 4.39 Å². The Labute approximate surface area is 139 Å². The molecular weight excluding hydrogens is 315 g/mol. The molecule has 2 aromatic carbocycles. The van der Waals surface area contributed by atoms with E-state index in [-0.39, 0.29) is 5.02 Å². The Morgan fingerprint density at radius 1 is 1.22 bits per heavy atom. The quantitative estimate of drug-likeness (QED) is 0.760. The van der Waals surface area contributed by atoms with Crippen LogP contribution < -0.4 is 0 Å². The lowest BCUT2D eigenvalue weighted by atomic mass is 10.0. The molecule has 1 atom stereocenters. The fourth-order valence-corrected chi connectivity index (χ4v) is 2.98. The largest absolute Gasteiger partial charge is 0.382 e. The topological polar surface area (TPSA) is 38.0 Å². The highest BCUT2D eigenvalue weighted by Gasteiger charge is 2.21. The van der Waals surface area contributed by atoms with Crippen LogP contribution in [0.4, 0.5) is 4.39 Å². The van der Waals surface area contributed by atoms with E-state index in [2.05, 4.69) is 18.9 Å². The van der Waals surface area contributed by atoms with Crippen LogP contribution in [0.2, 0.25) is 5.02 Å². The molecule has 3 aromatic rings. The molecule has 23 heavy (non-hydrogen) atoms. The number of halogens is 2. The molecule has 0 saturated heterocycles. The van der Waals surface area contributed by atoms with E-state index in [0.29, 0.717) is 17.2 Å². The molecule has 0 bridgehead atoms. The molecule has 0 spiro atoms. The molecule has 1 unspecified atom stereocenters. The Balaban J connectivity index is 2.11. The van der Waals surface area contributed by atoms with E-state index in [1.54, 1.807) is 0 Å². The van der Waals surface area contributed by atoms with Gasteiger partial charge in [0.2, 0.25) is 0 Å². The highest BCUT2D eigenvalue weighted by Crippen LogP contribution is 2.32. The minimum atomic E-state index is -0.999. The van der Waals surface area contributed by atoms with Crippen LogP contribution in [0.5, 0.6) is 0 Å². The van der Waals surface area contributed by atoms with Gasteiger partial charge in [0.15, 0.2) is 0 Å². The molecular formula is C18H18ClFN2O. The van der Waals surface area contributed by atoms with Crippen LogP contribution in [-0.2, 0) is 6.54 Å². The molecule has 0 radical (unpaired) electrons. The lowest BCUT2D eigenvalue weighted by Gasteiger charge is -2.11. The summed E-state index contributed by atoms with van der Waals surface area (Å²) >= 11 is 6.08. The average Bonchev–Trinajstić information content (AvgIpc) is 2.85. The van der Waals surface area contributed by atoms with Gasteiger partial charge in [0.25, 0.3) is 0 Å². The van der Waals surface area contributed by atoms with E-state index in [0.717, 1.165) is 17.4 Å². The van der Waals surface area contributed by atoms with E-state index in [9.17, 15) is 9.50 Å². The predicted octanol–water partition coefficient (Wildman–Crippen LogP) is 4.57. The summed E-state index contributed by atoms with van der Waals surface area (Å²) in [6.07, 6.45) is -0.999. The summed E-state index contributed by atoms with van der Waals surface area (Å²) in [5.74, 6) is -0.00106. The Hall–Kier alpha value is -1.91. The Bertz CT molecular complexity index is 844. The van der Waals surface area contributed by atoms with Crippen LogP contribution in [0.15, 0.2) is 42.5 Å². The SMILES string of the molecule is CC(C)Cn1nc(C(O)c2ccc(F)cc2Cl)c2ccccc21. The zero-order valence-electron chi connectivity index (χ0n) is 13.0. The van der Waals surface area contributed by atoms with Gasteiger partial charge < -0.3 is 5.11 Å². The average molecular weight is 333 g/mol. The molecule has 1 aromatic heterocycles. The van der Waals surface area contributed by atoms with Crippen LogP contribution in [0.25, 0.3) is 10.9 Å². The number of rotatable bonds is 4. The van der Waals surface area contributed by atoms with E-state index < -0.39 is 11.9 Å². The van der Waals surface area contributed by atoms with E-state index >= 15 is 0 Å². The maximum Gasteiger partial charge on any atom is 0.125 e. The van der Waals surface area contributed by atoms with Gasteiger partial charge in [0, 0.05) is 22.5 Å². The molecule has 3 rings (SSSR count). The molecule has 5 heteroatoms. The number of hydrogen-bond acceptors (Lipinski definition) is 2. The summed E-state index contributed by atoms with van der Waals surface area (Å²) in [5, 5.41) is 16.4. The van der Waals surface area contributed by atoms with E-state index in [4.69, 9.17) is 11.6 Å². The van der Waals surface area contributed by atoms with Gasteiger partial charge in [-0.05, 0) is 24.1 Å². The second-order valence-electron chi connectivity index (χ2n) is 6.05. The first-order valence-corrected chi connectivity index (χ1v) is 7.93. The number of nitrogens with zero attached hydrogens (tertiary/aromatic N) is 2. The molecule has 0 fully saturated rings. The van der Waals surface area contributed by atoms with Gasteiger partial charge in [0.05, 0.1) is 5.52 Å². The Kier molecular flexibility index (Phi) is 4.37. The first kappa shape index (κ1) is 16.0. The highest BCUT2D eigenvalue weighted by atomic mass is 35.5. The molecule has 1 heterocycles. The molecule has 0 amide bonds. The Morgan fingerprint density at radius 3 is 2.65 bits per heavy atom. The Morgan fingerprint density at radius 2 is 1.96 bits per heavy atom. The molecule has 1 N–H and O–H groups in total. The highest BCUT2D eigenvalue weighted by molar-refractivity contribution is 6.31. The zero-order chi connectivity index (χ0) is 16.6. The van der Waals surface area contributed by atoms with Crippen LogP contribution in [0.3, 0.4) is 0 Å².